The Labute approximate surface area is 129 Å². The van der Waals surface area contributed by atoms with E-state index in [1.54, 1.807) is 0 Å². The van der Waals surface area contributed by atoms with E-state index in [-0.39, 0.29) is 6.61 Å². The first-order valence-corrected chi connectivity index (χ1v) is 7.04. The smallest absolute Gasteiger partial charge is 0.127 e. The quantitative estimate of drug-likeness (QED) is 0.736. The number of hydrogen-bond donors (Lipinski definition) is 1. The van der Waals surface area contributed by atoms with Crippen molar-refractivity contribution in [3.8, 4) is 23.0 Å². The first kappa shape index (κ1) is 14.2. The number of ether oxygens (including phenoxy) is 2. The molecule has 22 heavy (non-hydrogen) atoms. The summed E-state index contributed by atoms with van der Waals surface area (Å²) >= 11 is 0. The van der Waals surface area contributed by atoms with Crippen LogP contribution in [0.1, 0.15) is 5.56 Å². The van der Waals surface area contributed by atoms with Gasteiger partial charge in [0.2, 0.25) is 0 Å². The Balaban J connectivity index is 1.66. The van der Waals surface area contributed by atoms with Crippen molar-refractivity contribution in [3.63, 3.8) is 0 Å². The molecule has 0 aromatic heterocycles. The molecule has 0 aliphatic heterocycles. The van der Waals surface area contributed by atoms with Crippen LogP contribution in [0.15, 0.2) is 78.9 Å². The van der Waals surface area contributed by atoms with E-state index in [9.17, 15) is 0 Å². The second-order valence-electron chi connectivity index (χ2n) is 4.79. The Bertz CT molecular complexity index is 704. The average Bonchev–Trinajstić information content (AvgIpc) is 2.58. The van der Waals surface area contributed by atoms with Gasteiger partial charge in [0, 0.05) is 0 Å². The summed E-state index contributed by atoms with van der Waals surface area (Å²) < 4.78 is 11.5. The van der Waals surface area contributed by atoms with Gasteiger partial charge in [0.15, 0.2) is 0 Å². The maximum atomic E-state index is 9.02. The highest BCUT2D eigenvalue weighted by Crippen LogP contribution is 2.26. The third-order valence-electron chi connectivity index (χ3n) is 3.14. The molecule has 0 saturated heterocycles. The van der Waals surface area contributed by atoms with Crippen LogP contribution in [0, 0.1) is 0 Å². The summed E-state index contributed by atoms with van der Waals surface area (Å²) in [5.74, 6) is 3.02. The number of benzene rings is 3. The lowest BCUT2D eigenvalue weighted by molar-refractivity contribution is 0.281. The molecule has 3 heteroatoms. The van der Waals surface area contributed by atoms with Crippen molar-refractivity contribution in [1.29, 1.82) is 0 Å². The molecule has 3 aromatic carbocycles. The standard InChI is InChI=1S/C19H16O3/c20-14-15-6-8-17(9-7-15)22-19-12-10-18(11-13-19)21-16-4-2-1-3-5-16/h1-13,20H,14H2. The van der Waals surface area contributed by atoms with Gasteiger partial charge in [-0.15, -0.1) is 0 Å². The molecule has 0 bridgehead atoms. The third-order valence-corrected chi connectivity index (χ3v) is 3.14. The fourth-order valence-corrected chi connectivity index (χ4v) is 2.00. The Morgan fingerprint density at radius 1 is 0.545 bits per heavy atom. The summed E-state index contributed by atoms with van der Waals surface area (Å²) in [4.78, 5) is 0. The molecule has 0 aliphatic rings. The van der Waals surface area contributed by atoms with Crippen LogP contribution in [0.25, 0.3) is 0 Å². The zero-order chi connectivity index (χ0) is 15.2. The molecule has 0 atom stereocenters. The molecule has 0 unspecified atom stereocenters. The predicted octanol–water partition coefficient (Wildman–Crippen LogP) is 4.76. The molecule has 0 aliphatic carbocycles. The number of rotatable bonds is 5. The SMILES string of the molecule is OCc1ccc(Oc2ccc(Oc3ccccc3)cc2)cc1. The topological polar surface area (TPSA) is 38.7 Å². The van der Waals surface area contributed by atoms with Crippen LogP contribution >= 0.6 is 0 Å². The molecule has 3 nitrogen and oxygen atoms in total. The van der Waals surface area contributed by atoms with E-state index in [0.717, 1.165) is 28.6 Å². The minimum Gasteiger partial charge on any atom is -0.457 e. The van der Waals surface area contributed by atoms with Crippen molar-refractivity contribution < 1.29 is 14.6 Å². The van der Waals surface area contributed by atoms with Gasteiger partial charge in [0.25, 0.3) is 0 Å². The Kier molecular flexibility index (Phi) is 4.37. The zero-order valence-corrected chi connectivity index (χ0v) is 12.0. The van der Waals surface area contributed by atoms with Crippen molar-refractivity contribution in [2.45, 2.75) is 6.61 Å². The zero-order valence-electron chi connectivity index (χ0n) is 12.0. The lowest BCUT2D eigenvalue weighted by atomic mass is 10.2. The Morgan fingerprint density at radius 3 is 1.41 bits per heavy atom. The van der Waals surface area contributed by atoms with E-state index in [2.05, 4.69) is 0 Å². The second-order valence-corrected chi connectivity index (χ2v) is 4.79. The molecule has 110 valence electrons. The van der Waals surface area contributed by atoms with Crippen molar-refractivity contribution >= 4 is 0 Å². The van der Waals surface area contributed by atoms with E-state index >= 15 is 0 Å². The number of hydrogen-bond acceptors (Lipinski definition) is 3. The van der Waals surface area contributed by atoms with Gasteiger partial charge in [0.05, 0.1) is 6.61 Å². The molecule has 0 radical (unpaired) electrons. The first-order chi connectivity index (χ1) is 10.8. The lowest BCUT2D eigenvalue weighted by Crippen LogP contribution is -1.87. The Hall–Kier alpha value is -2.78. The van der Waals surface area contributed by atoms with Crippen molar-refractivity contribution in [1.82, 2.24) is 0 Å². The summed E-state index contributed by atoms with van der Waals surface area (Å²) in [5.41, 5.74) is 0.860. The van der Waals surface area contributed by atoms with Gasteiger partial charge in [-0.25, -0.2) is 0 Å². The predicted molar refractivity (Wildman–Crippen MR) is 85.4 cm³/mol. The van der Waals surface area contributed by atoms with Crippen molar-refractivity contribution in [2.75, 3.05) is 0 Å². The summed E-state index contributed by atoms with van der Waals surface area (Å²) in [6.07, 6.45) is 0. The van der Waals surface area contributed by atoms with Crippen LogP contribution in [0.5, 0.6) is 23.0 Å². The molecule has 0 spiro atoms. The van der Waals surface area contributed by atoms with Gasteiger partial charge in [-0.05, 0) is 54.1 Å². The minimum atomic E-state index is 0.0335. The molecule has 3 rings (SSSR count). The van der Waals surface area contributed by atoms with E-state index < -0.39 is 0 Å². The Morgan fingerprint density at radius 2 is 0.955 bits per heavy atom. The molecule has 0 heterocycles. The van der Waals surface area contributed by atoms with Crippen molar-refractivity contribution in [3.05, 3.63) is 84.4 Å². The molecular weight excluding hydrogens is 276 g/mol. The molecule has 1 N–H and O–H groups in total. The van der Waals surface area contributed by atoms with Crippen LogP contribution in [0.3, 0.4) is 0 Å². The van der Waals surface area contributed by atoms with Crippen LogP contribution in [-0.2, 0) is 6.61 Å². The fraction of sp³-hybridized carbons (Fsp3) is 0.0526. The summed E-state index contributed by atoms with van der Waals surface area (Å²) in [7, 11) is 0. The van der Waals surface area contributed by atoms with E-state index in [0.29, 0.717) is 0 Å². The highest BCUT2D eigenvalue weighted by atomic mass is 16.5. The van der Waals surface area contributed by atoms with Gasteiger partial charge in [0.1, 0.15) is 23.0 Å². The molecule has 3 aromatic rings. The second kappa shape index (κ2) is 6.78. The van der Waals surface area contributed by atoms with E-state index in [1.807, 2.05) is 78.9 Å². The van der Waals surface area contributed by atoms with Crippen molar-refractivity contribution in [2.24, 2.45) is 0 Å². The van der Waals surface area contributed by atoms with Crippen LogP contribution in [-0.4, -0.2) is 5.11 Å². The van der Waals surface area contributed by atoms with Crippen LogP contribution in [0.4, 0.5) is 0 Å². The average molecular weight is 292 g/mol. The van der Waals surface area contributed by atoms with Gasteiger partial charge >= 0.3 is 0 Å². The van der Waals surface area contributed by atoms with E-state index in [4.69, 9.17) is 14.6 Å². The highest BCUT2D eigenvalue weighted by molar-refractivity contribution is 5.38. The van der Waals surface area contributed by atoms with E-state index in [1.165, 1.54) is 0 Å². The monoisotopic (exact) mass is 292 g/mol. The summed E-state index contributed by atoms with van der Waals surface area (Å²) in [6, 6.07) is 24.4. The summed E-state index contributed by atoms with van der Waals surface area (Å²) in [6.45, 7) is 0.0335. The van der Waals surface area contributed by atoms with Gasteiger partial charge < -0.3 is 14.6 Å². The molecule has 0 saturated carbocycles. The largest absolute Gasteiger partial charge is 0.457 e. The maximum Gasteiger partial charge on any atom is 0.127 e. The molecule has 0 fully saturated rings. The van der Waals surface area contributed by atoms with Crippen LogP contribution in [0.2, 0.25) is 0 Å². The molecule has 0 amide bonds. The van der Waals surface area contributed by atoms with Gasteiger partial charge in [-0.2, -0.15) is 0 Å². The maximum absolute atomic E-state index is 9.02. The number of para-hydroxylation sites is 1. The highest BCUT2D eigenvalue weighted by Gasteiger charge is 2.00. The summed E-state index contributed by atoms with van der Waals surface area (Å²) in [5, 5.41) is 9.02. The fourth-order valence-electron chi connectivity index (χ4n) is 2.00. The number of aliphatic hydroxyl groups is 1. The first-order valence-electron chi connectivity index (χ1n) is 7.04. The van der Waals surface area contributed by atoms with Crippen LogP contribution < -0.4 is 9.47 Å². The van der Waals surface area contributed by atoms with Gasteiger partial charge in [-0.3, -0.25) is 0 Å². The normalized spacial score (nSPS) is 10.2. The number of aliphatic hydroxyl groups excluding tert-OH is 1. The third kappa shape index (κ3) is 3.65. The molecular formula is C19H16O3. The van der Waals surface area contributed by atoms with Gasteiger partial charge in [-0.1, -0.05) is 30.3 Å². The minimum absolute atomic E-state index is 0.0335. The lowest BCUT2D eigenvalue weighted by Gasteiger charge is -2.08.